The van der Waals surface area contributed by atoms with Gasteiger partial charge in [0.2, 0.25) is 0 Å². The molecule has 2 fully saturated rings. The fourth-order valence-electron chi connectivity index (χ4n) is 3.71. The van der Waals surface area contributed by atoms with Gasteiger partial charge in [0, 0.05) is 19.3 Å². The Morgan fingerprint density at radius 2 is 2.00 bits per heavy atom. The molecule has 0 unspecified atom stereocenters. The van der Waals surface area contributed by atoms with E-state index in [4.69, 9.17) is 21.6 Å². The number of amides is 1. The van der Waals surface area contributed by atoms with E-state index < -0.39 is 0 Å². The van der Waals surface area contributed by atoms with Crippen LogP contribution in [0.5, 0.6) is 0 Å². The fraction of sp³-hybridized carbons (Fsp3) is 0.238. The van der Waals surface area contributed by atoms with Crippen LogP contribution in [-0.4, -0.2) is 37.6 Å². The molecule has 0 radical (unpaired) electrons. The first-order chi connectivity index (χ1) is 14.6. The lowest BCUT2D eigenvalue weighted by Gasteiger charge is -2.19. The maximum Gasteiger partial charge on any atom is 0.267 e. The molecule has 152 valence electrons. The lowest BCUT2D eigenvalue weighted by Crippen LogP contribution is -2.28. The summed E-state index contributed by atoms with van der Waals surface area (Å²) in [6.45, 7) is 1.95. The summed E-state index contributed by atoms with van der Waals surface area (Å²) in [5, 5.41) is 0. The van der Waals surface area contributed by atoms with E-state index in [0.29, 0.717) is 32.0 Å². The van der Waals surface area contributed by atoms with Crippen molar-refractivity contribution in [1.29, 1.82) is 0 Å². The molecule has 7 nitrogen and oxygen atoms in total. The third kappa shape index (κ3) is 3.33. The third-order valence-electron chi connectivity index (χ3n) is 5.20. The van der Waals surface area contributed by atoms with Gasteiger partial charge >= 0.3 is 0 Å². The normalized spacial score (nSPS) is 18.3. The molecule has 2 saturated heterocycles. The van der Waals surface area contributed by atoms with Gasteiger partial charge in [-0.3, -0.25) is 18.9 Å². The number of carbonyl (C=O) groups excluding carboxylic acids is 1. The van der Waals surface area contributed by atoms with Gasteiger partial charge in [-0.1, -0.05) is 30.0 Å². The third-order valence-corrected chi connectivity index (χ3v) is 6.58. The van der Waals surface area contributed by atoms with E-state index in [-0.39, 0.29) is 18.0 Å². The van der Waals surface area contributed by atoms with Crippen LogP contribution in [0.1, 0.15) is 24.2 Å². The highest BCUT2D eigenvalue weighted by molar-refractivity contribution is 8.26. The zero-order valence-electron chi connectivity index (χ0n) is 16.0. The second-order valence-electron chi connectivity index (χ2n) is 7.12. The molecule has 5 rings (SSSR count). The van der Waals surface area contributed by atoms with E-state index in [1.165, 1.54) is 21.1 Å². The number of furan rings is 1. The topological polar surface area (TPSA) is 71.1 Å². The molecule has 5 heterocycles. The Kier molecular flexibility index (Phi) is 4.92. The number of fused-ring (bicyclic) bond motifs is 1. The Hall–Kier alpha value is -2.91. The highest BCUT2D eigenvalue weighted by atomic mass is 32.2. The van der Waals surface area contributed by atoms with Gasteiger partial charge in [-0.25, -0.2) is 4.98 Å². The second-order valence-corrected chi connectivity index (χ2v) is 8.80. The van der Waals surface area contributed by atoms with Crippen LogP contribution in [0.15, 0.2) is 56.9 Å². The van der Waals surface area contributed by atoms with Gasteiger partial charge in [0.05, 0.1) is 23.3 Å². The van der Waals surface area contributed by atoms with Crippen LogP contribution in [0.3, 0.4) is 0 Å². The largest absolute Gasteiger partial charge is 0.467 e. The molecule has 0 aromatic carbocycles. The molecule has 9 heteroatoms. The van der Waals surface area contributed by atoms with Crippen molar-refractivity contribution in [3.63, 3.8) is 0 Å². The second kappa shape index (κ2) is 7.73. The number of carbonyl (C=O) groups is 1. The SMILES string of the molecule is O=C1/C(=C/c2c(N3CCCC3)nc3ccccn3c2=O)SC(=S)N1Cc1ccco1. The number of rotatable bonds is 4. The van der Waals surface area contributed by atoms with Gasteiger partial charge in [0.15, 0.2) is 0 Å². The molecule has 0 aliphatic carbocycles. The van der Waals surface area contributed by atoms with E-state index in [9.17, 15) is 9.59 Å². The zero-order valence-corrected chi connectivity index (χ0v) is 17.6. The van der Waals surface area contributed by atoms with E-state index in [1.807, 2.05) is 12.1 Å². The van der Waals surface area contributed by atoms with Crippen LogP contribution in [0.2, 0.25) is 0 Å². The fourth-order valence-corrected chi connectivity index (χ4v) is 4.95. The minimum absolute atomic E-state index is 0.196. The Morgan fingerprint density at radius 3 is 2.77 bits per heavy atom. The number of hydrogen-bond acceptors (Lipinski definition) is 7. The first-order valence-corrected chi connectivity index (χ1v) is 10.9. The van der Waals surface area contributed by atoms with Gasteiger partial charge in [0.1, 0.15) is 21.5 Å². The molecular weight excluding hydrogens is 420 g/mol. The average Bonchev–Trinajstić information content (AvgIpc) is 3.50. The first kappa shape index (κ1) is 19.1. The van der Waals surface area contributed by atoms with Gasteiger partial charge in [-0.15, -0.1) is 0 Å². The van der Waals surface area contributed by atoms with E-state index >= 15 is 0 Å². The number of hydrogen-bond donors (Lipinski definition) is 0. The van der Waals surface area contributed by atoms with Gasteiger partial charge in [-0.2, -0.15) is 0 Å². The van der Waals surface area contributed by atoms with Crippen molar-refractivity contribution in [3.05, 3.63) is 69.4 Å². The molecule has 3 aromatic heterocycles. The van der Waals surface area contributed by atoms with Crippen LogP contribution in [0.4, 0.5) is 5.82 Å². The Labute approximate surface area is 182 Å². The van der Waals surface area contributed by atoms with E-state index in [0.717, 1.165) is 25.9 Å². The minimum Gasteiger partial charge on any atom is -0.467 e. The van der Waals surface area contributed by atoms with Crippen LogP contribution in [-0.2, 0) is 11.3 Å². The predicted molar refractivity (Wildman–Crippen MR) is 120 cm³/mol. The van der Waals surface area contributed by atoms with Crippen molar-refractivity contribution < 1.29 is 9.21 Å². The Morgan fingerprint density at radius 1 is 1.17 bits per heavy atom. The quantitative estimate of drug-likeness (QED) is 0.457. The molecule has 2 aliphatic heterocycles. The monoisotopic (exact) mass is 438 g/mol. The van der Waals surface area contributed by atoms with Gasteiger partial charge in [0.25, 0.3) is 11.5 Å². The highest BCUT2D eigenvalue weighted by Crippen LogP contribution is 2.34. The molecule has 1 amide bonds. The summed E-state index contributed by atoms with van der Waals surface area (Å²) in [7, 11) is 0. The summed E-state index contributed by atoms with van der Waals surface area (Å²) >= 11 is 6.61. The molecule has 0 atom stereocenters. The van der Waals surface area contributed by atoms with Crippen molar-refractivity contribution in [2.75, 3.05) is 18.0 Å². The summed E-state index contributed by atoms with van der Waals surface area (Å²) < 4.78 is 7.30. The van der Waals surface area contributed by atoms with Crippen LogP contribution in [0, 0.1) is 0 Å². The smallest absolute Gasteiger partial charge is 0.267 e. The highest BCUT2D eigenvalue weighted by Gasteiger charge is 2.33. The molecule has 2 aliphatic rings. The summed E-state index contributed by atoms with van der Waals surface area (Å²) in [6, 6.07) is 9.03. The Balaban J connectivity index is 1.58. The Bertz CT molecular complexity index is 1230. The molecular formula is C21H18N4O3S2. The standard InChI is InChI=1S/C21H18N4O3S2/c26-19-15(12-16-20(27)25(21(29)30-16)13-14-6-5-11-28-14)18(23-8-3-4-9-23)22-17-7-1-2-10-24(17)19/h1-2,5-7,10-12H,3-4,8-9,13H2/b16-12-. The number of thioether (sulfide) groups is 1. The molecule has 0 saturated carbocycles. The van der Waals surface area contributed by atoms with Crippen LogP contribution < -0.4 is 10.5 Å². The van der Waals surface area contributed by atoms with Gasteiger partial charge in [-0.05, 0) is 43.2 Å². The minimum atomic E-state index is -0.230. The zero-order chi connectivity index (χ0) is 20.7. The number of thiocarbonyl (C=S) groups is 1. The van der Waals surface area contributed by atoms with Crippen molar-refractivity contribution >= 4 is 51.7 Å². The van der Waals surface area contributed by atoms with Crippen molar-refractivity contribution in [3.8, 4) is 0 Å². The molecule has 0 bridgehead atoms. The van der Waals surface area contributed by atoms with Crippen molar-refractivity contribution in [1.82, 2.24) is 14.3 Å². The van der Waals surface area contributed by atoms with Crippen molar-refractivity contribution in [2.45, 2.75) is 19.4 Å². The number of anilines is 1. The molecule has 3 aromatic rings. The van der Waals surface area contributed by atoms with Crippen LogP contribution >= 0.6 is 24.0 Å². The summed E-state index contributed by atoms with van der Waals surface area (Å²) in [4.78, 5) is 35.1. The van der Waals surface area contributed by atoms with Crippen LogP contribution in [0.25, 0.3) is 11.7 Å². The molecule has 0 N–H and O–H groups in total. The van der Waals surface area contributed by atoms with Crippen molar-refractivity contribution in [2.24, 2.45) is 0 Å². The van der Waals surface area contributed by atoms with Gasteiger partial charge < -0.3 is 9.32 Å². The summed E-state index contributed by atoms with van der Waals surface area (Å²) in [5.74, 6) is 1.05. The van der Waals surface area contributed by atoms with E-state index in [1.54, 1.807) is 36.7 Å². The number of pyridine rings is 1. The lowest BCUT2D eigenvalue weighted by molar-refractivity contribution is -0.122. The molecule has 0 spiro atoms. The van der Waals surface area contributed by atoms with E-state index in [2.05, 4.69) is 4.90 Å². The summed E-state index contributed by atoms with van der Waals surface area (Å²) in [5.41, 5.74) is 0.810. The first-order valence-electron chi connectivity index (χ1n) is 9.66. The maximum atomic E-state index is 13.3. The summed E-state index contributed by atoms with van der Waals surface area (Å²) in [6.07, 6.45) is 7.01. The molecule has 30 heavy (non-hydrogen) atoms. The average molecular weight is 439 g/mol. The number of aromatic nitrogens is 2. The predicted octanol–water partition coefficient (Wildman–Crippen LogP) is 3.29. The maximum absolute atomic E-state index is 13.3. The lowest BCUT2D eigenvalue weighted by atomic mass is 10.2. The number of nitrogens with zero attached hydrogens (tertiary/aromatic N) is 4.